The van der Waals surface area contributed by atoms with Gasteiger partial charge < -0.3 is 5.73 Å². The van der Waals surface area contributed by atoms with Crippen molar-refractivity contribution in [3.63, 3.8) is 0 Å². The van der Waals surface area contributed by atoms with E-state index in [2.05, 4.69) is 4.72 Å². The first-order chi connectivity index (χ1) is 7.29. The Morgan fingerprint density at radius 2 is 1.75 bits per heavy atom. The van der Waals surface area contributed by atoms with E-state index in [-0.39, 0.29) is 24.6 Å². The first-order valence-electron chi connectivity index (χ1n) is 5.18. The van der Waals surface area contributed by atoms with Crippen LogP contribution in [-0.2, 0) is 19.9 Å². The van der Waals surface area contributed by atoms with Crippen LogP contribution in [0.15, 0.2) is 0 Å². The summed E-state index contributed by atoms with van der Waals surface area (Å²) < 4.78 is 47.7. The maximum absolute atomic E-state index is 11.6. The minimum absolute atomic E-state index is 0.0167. The molecule has 0 saturated carbocycles. The average Bonchev–Trinajstić information content (AvgIpc) is 2.18. The highest BCUT2D eigenvalue weighted by Gasteiger charge is 2.22. The molecule has 0 aromatic rings. The number of sulfonamides is 1. The molecule has 0 saturated heterocycles. The predicted molar refractivity (Wildman–Crippen MR) is 64.4 cm³/mol. The van der Waals surface area contributed by atoms with E-state index in [1.54, 1.807) is 6.92 Å². The van der Waals surface area contributed by atoms with E-state index in [1.807, 2.05) is 0 Å². The van der Waals surface area contributed by atoms with E-state index in [1.165, 1.54) is 6.92 Å². The molecule has 8 heteroatoms. The molecule has 0 spiro atoms. The Hall–Kier alpha value is -0.180. The van der Waals surface area contributed by atoms with Crippen molar-refractivity contribution in [1.29, 1.82) is 0 Å². The van der Waals surface area contributed by atoms with Crippen LogP contribution in [0.2, 0.25) is 0 Å². The van der Waals surface area contributed by atoms with Crippen molar-refractivity contribution < 1.29 is 16.8 Å². The Kier molecular flexibility index (Phi) is 6.46. The Balaban J connectivity index is 4.31. The molecular formula is C8H20N2O4S2. The molecule has 0 aliphatic heterocycles. The molecule has 0 aliphatic carbocycles. The van der Waals surface area contributed by atoms with Gasteiger partial charge in [0.2, 0.25) is 10.0 Å². The fraction of sp³-hybridized carbons (Fsp3) is 1.00. The van der Waals surface area contributed by atoms with Gasteiger partial charge in [0.15, 0.2) is 9.84 Å². The molecule has 3 N–H and O–H groups in total. The van der Waals surface area contributed by atoms with Gasteiger partial charge in [0.1, 0.15) is 0 Å². The fourth-order valence-corrected chi connectivity index (χ4v) is 3.26. The van der Waals surface area contributed by atoms with Crippen LogP contribution in [0.3, 0.4) is 0 Å². The van der Waals surface area contributed by atoms with E-state index >= 15 is 0 Å². The number of sulfone groups is 1. The van der Waals surface area contributed by atoms with E-state index in [4.69, 9.17) is 5.73 Å². The van der Waals surface area contributed by atoms with Crippen molar-refractivity contribution in [2.24, 2.45) is 5.73 Å². The van der Waals surface area contributed by atoms with Gasteiger partial charge >= 0.3 is 0 Å². The highest BCUT2D eigenvalue weighted by atomic mass is 32.2. The number of hydrogen-bond donors (Lipinski definition) is 2. The third kappa shape index (κ3) is 5.24. The summed E-state index contributed by atoms with van der Waals surface area (Å²) in [6.07, 6.45) is 0.409. The standard InChI is InChI=1S/C8H20N2O4S2/c1-3-8(7-9)16(13,14)10-5-6-15(11,12)4-2/h8,10H,3-7,9H2,1-2H3. The molecule has 0 fully saturated rings. The summed E-state index contributed by atoms with van der Waals surface area (Å²) >= 11 is 0. The lowest BCUT2D eigenvalue weighted by atomic mass is 10.3. The van der Waals surface area contributed by atoms with Gasteiger partial charge in [-0.3, -0.25) is 0 Å². The molecule has 0 aliphatic rings. The van der Waals surface area contributed by atoms with Gasteiger partial charge in [0.05, 0.1) is 11.0 Å². The van der Waals surface area contributed by atoms with Gasteiger partial charge in [-0.25, -0.2) is 21.6 Å². The lowest BCUT2D eigenvalue weighted by Gasteiger charge is -2.14. The van der Waals surface area contributed by atoms with Crippen molar-refractivity contribution in [2.75, 3.05) is 24.6 Å². The number of nitrogens with two attached hydrogens (primary N) is 1. The number of hydrogen-bond acceptors (Lipinski definition) is 5. The highest BCUT2D eigenvalue weighted by molar-refractivity contribution is 7.91. The van der Waals surface area contributed by atoms with Crippen molar-refractivity contribution >= 4 is 19.9 Å². The van der Waals surface area contributed by atoms with Crippen LogP contribution < -0.4 is 10.5 Å². The second-order valence-corrected chi connectivity index (χ2v) is 7.96. The monoisotopic (exact) mass is 272 g/mol. The van der Waals surface area contributed by atoms with Crippen LogP contribution in [0.25, 0.3) is 0 Å². The maximum Gasteiger partial charge on any atom is 0.215 e. The van der Waals surface area contributed by atoms with E-state index < -0.39 is 25.1 Å². The predicted octanol–water partition coefficient (Wildman–Crippen LogP) is -0.922. The van der Waals surface area contributed by atoms with Gasteiger partial charge in [-0.2, -0.15) is 0 Å². The zero-order valence-electron chi connectivity index (χ0n) is 9.64. The molecule has 16 heavy (non-hydrogen) atoms. The fourth-order valence-electron chi connectivity index (χ4n) is 1.11. The quantitative estimate of drug-likeness (QED) is 0.594. The van der Waals surface area contributed by atoms with E-state index in [9.17, 15) is 16.8 Å². The van der Waals surface area contributed by atoms with Crippen molar-refractivity contribution in [3.05, 3.63) is 0 Å². The molecule has 98 valence electrons. The summed E-state index contributed by atoms with van der Waals surface area (Å²) in [6.45, 7) is 3.19. The van der Waals surface area contributed by atoms with Crippen molar-refractivity contribution in [3.8, 4) is 0 Å². The normalized spacial score (nSPS) is 14.9. The Bertz CT molecular complexity index is 384. The SMILES string of the molecule is CCC(CN)S(=O)(=O)NCCS(=O)(=O)CC. The van der Waals surface area contributed by atoms with Crippen LogP contribution in [0.5, 0.6) is 0 Å². The van der Waals surface area contributed by atoms with Gasteiger partial charge in [0.25, 0.3) is 0 Å². The zero-order valence-corrected chi connectivity index (χ0v) is 11.3. The summed E-state index contributed by atoms with van der Waals surface area (Å²) in [6, 6.07) is 0. The van der Waals surface area contributed by atoms with Crippen LogP contribution in [0.1, 0.15) is 20.3 Å². The molecule has 0 aromatic heterocycles. The molecular weight excluding hydrogens is 252 g/mol. The highest BCUT2D eigenvalue weighted by Crippen LogP contribution is 2.01. The minimum atomic E-state index is -3.49. The summed E-state index contributed by atoms with van der Waals surface area (Å²) in [7, 11) is -6.63. The molecule has 0 radical (unpaired) electrons. The zero-order chi connectivity index (χ0) is 12.8. The Morgan fingerprint density at radius 1 is 1.19 bits per heavy atom. The van der Waals surface area contributed by atoms with E-state index in [0.717, 1.165) is 0 Å². The second kappa shape index (κ2) is 6.53. The molecule has 6 nitrogen and oxygen atoms in total. The Morgan fingerprint density at radius 3 is 2.12 bits per heavy atom. The largest absolute Gasteiger partial charge is 0.329 e. The molecule has 0 heterocycles. The van der Waals surface area contributed by atoms with Gasteiger partial charge in [-0.1, -0.05) is 13.8 Å². The third-order valence-electron chi connectivity index (χ3n) is 2.31. The Labute approximate surface area is 97.6 Å². The summed E-state index contributed by atoms with van der Waals surface area (Å²) in [5, 5.41) is -0.656. The second-order valence-electron chi connectivity index (χ2n) is 3.44. The van der Waals surface area contributed by atoms with Crippen molar-refractivity contribution in [1.82, 2.24) is 4.72 Å². The first kappa shape index (κ1) is 15.8. The topological polar surface area (TPSA) is 106 Å². The third-order valence-corrected chi connectivity index (χ3v) is 6.03. The van der Waals surface area contributed by atoms with Crippen LogP contribution >= 0.6 is 0 Å². The van der Waals surface area contributed by atoms with Crippen molar-refractivity contribution in [2.45, 2.75) is 25.5 Å². The van der Waals surface area contributed by atoms with Gasteiger partial charge in [0, 0.05) is 18.8 Å². The van der Waals surface area contributed by atoms with E-state index in [0.29, 0.717) is 6.42 Å². The van der Waals surface area contributed by atoms with Crippen LogP contribution in [-0.4, -0.2) is 46.7 Å². The molecule has 0 bridgehead atoms. The van der Waals surface area contributed by atoms with Crippen LogP contribution in [0, 0.1) is 0 Å². The van der Waals surface area contributed by atoms with Gasteiger partial charge in [-0.15, -0.1) is 0 Å². The molecule has 1 atom stereocenters. The lowest BCUT2D eigenvalue weighted by molar-refractivity contribution is 0.562. The summed E-state index contributed by atoms with van der Waals surface area (Å²) in [5.74, 6) is -0.160. The lowest BCUT2D eigenvalue weighted by Crippen LogP contribution is -2.40. The molecule has 0 rings (SSSR count). The summed E-state index contributed by atoms with van der Waals surface area (Å²) in [4.78, 5) is 0. The number of rotatable bonds is 8. The average molecular weight is 272 g/mol. The summed E-state index contributed by atoms with van der Waals surface area (Å²) in [5.41, 5.74) is 5.32. The smallest absolute Gasteiger partial charge is 0.215 e. The maximum atomic E-state index is 11.6. The van der Waals surface area contributed by atoms with Gasteiger partial charge in [-0.05, 0) is 6.42 Å². The number of nitrogens with one attached hydrogen (secondary N) is 1. The molecule has 0 amide bonds. The van der Waals surface area contributed by atoms with Crippen LogP contribution in [0.4, 0.5) is 0 Å². The minimum Gasteiger partial charge on any atom is -0.329 e. The molecule has 0 aromatic carbocycles. The first-order valence-corrected chi connectivity index (χ1v) is 8.54. The molecule has 1 unspecified atom stereocenters.